The summed E-state index contributed by atoms with van der Waals surface area (Å²) in [6.45, 7) is 8.38. The third kappa shape index (κ3) is 4.04. The Morgan fingerprint density at radius 3 is 2.50 bits per heavy atom. The van der Waals surface area contributed by atoms with Crippen LogP contribution in [0.4, 0.5) is 5.95 Å². The van der Waals surface area contributed by atoms with Gasteiger partial charge in [0, 0.05) is 56.7 Å². The maximum Gasteiger partial charge on any atom is 0.225 e. The second-order valence-electron chi connectivity index (χ2n) is 5.55. The lowest BCUT2D eigenvalue weighted by molar-refractivity contribution is 0.228. The van der Waals surface area contributed by atoms with Gasteiger partial charge in [0.1, 0.15) is 0 Å². The van der Waals surface area contributed by atoms with Crippen molar-refractivity contribution in [3.05, 3.63) is 17.5 Å². The average Bonchev–Trinajstić information content (AvgIpc) is 2.45. The summed E-state index contributed by atoms with van der Waals surface area (Å²) in [6, 6.07) is 0. The van der Waals surface area contributed by atoms with E-state index < -0.39 is 0 Å². The highest BCUT2D eigenvalue weighted by Gasteiger charge is 2.19. The van der Waals surface area contributed by atoms with Crippen LogP contribution in [0, 0.1) is 6.92 Å². The van der Waals surface area contributed by atoms with Gasteiger partial charge in [-0.15, -0.1) is 11.6 Å². The zero-order valence-corrected chi connectivity index (χ0v) is 13.4. The number of piperazine rings is 1. The predicted molar refractivity (Wildman–Crippen MR) is 83.5 cm³/mol. The van der Waals surface area contributed by atoms with E-state index in [2.05, 4.69) is 38.8 Å². The van der Waals surface area contributed by atoms with Gasteiger partial charge in [-0.1, -0.05) is 0 Å². The monoisotopic (exact) mass is 297 g/mol. The Morgan fingerprint density at radius 1 is 1.25 bits per heavy atom. The van der Waals surface area contributed by atoms with Gasteiger partial charge in [-0.3, -0.25) is 4.90 Å². The predicted octanol–water partition coefficient (Wildman–Crippen LogP) is 1.21. The molecule has 1 aliphatic heterocycles. The van der Waals surface area contributed by atoms with Crippen molar-refractivity contribution in [2.75, 3.05) is 58.3 Å². The van der Waals surface area contributed by atoms with Gasteiger partial charge in [-0.05, 0) is 21.0 Å². The number of alkyl halides is 1. The van der Waals surface area contributed by atoms with Gasteiger partial charge < -0.3 is 9.80 Å². The number of hydrogen-bond acceptors (Lipinski definition) is 5. The highest BCUT2D eigenvalue weighted by molar-refractivity contribution is 6.17. The molecule has 1 aliphatic rings. The summed E-state index contributed by atoms with van der Waals surface area (Å²) in [4.78, 5) is 16.0. The molecule has 2 rings (SSSR count). The van der Waals surface area contributed by atoms with Crippen LogP contribution < -0.4 is 4.90 Å². The second-order valence-corrected chi connectivity index (χ2v) is 5.81. The Kier molecular flexibility index (Phi) is 5.57. The van der Waals surface area contributed by atoms with Crippen molar-refractivity contribution < 1.29 is 0 Å². The minimum Gasteiger partial charge on any atom is -0.338 e. The molecular weight excluding hydrogens is 274 g/mol. The Labute approximate surface area is 126 Å². The van der Waals surface area contributed by atoms with Crippen LogP contribution in [0.2, 0.25) is 0 Å². The summed E-state index contributed by atoms with van der Waals surface area (Å²) < 4.78 is 0. The molecule has 1 aromatic heterocycles. The molecule has 0 saturated carbocycles. The number of aromatic nitrogens is 2. The molecule has 6 heteroatoms. The number of nitrogens with zero attached hydrogens (tertiary/aromatic N) is 5. The maximum absolute atomic E-state index is 5.85. The first-order valence-electron chi connectivity index (χ1n) is 7.10. The van der Waals surface area contributed by atoms with E-state index >= 15 is 0 Å². The van der Waals surface area contributed by atoms with E-state index in [0.717, 1.165) is 56.5 Å². The number of hydrogen-bond donors (Lipinski definition) is 0. The summed E-state index contributed by atoms with van der Waals surface area (Å²) in [5, 5.41) is 0. The minimum absolute atomic E-state index is 0.477. The second kappa shape index (κ2) is 7.20. The zero-order valence-electron chi connectivity index (χ0n) is 12.6. The molecule has 1 fully saturated rings. The number of likely N-dealkylation sites (N-methyl/N-ethyl adjacent to an activating group) is 1. The van der Waals surface area contributed by atoms with Crippen molar-refractivity contribution in [2.24, 2.45) is 0 Å². The van der Waals surface area contributed by atoms with E-state index in [1.165, 1.54) is 0 Å². The van der Waals surface area contributed by atoms with Gasteiger partial charge in [0.05, 0.1) is 5.88 Å². The number of anilines is 1. The number of halogens is 1. The quantitative estimate of drug-likeness (QED) is 0.764. The van der Waals surface area contributed by atoms with Crippen LogP contribution >= 0.6 is 11.6 Å². The molecule has 0 atom stereocenters. The third-order valence-electron chi connectivity index (χ3n) is 3.73. The Hall–Kier alpha value is -0.910. The molecule has 0 N–H and O–H groups in total. The van der Waals surface area contributed by atoms with Crippen LogP contribution in [0.3, 0.4) is 0 Å². The molecule has 5 nitrogen and oxygen atoms in total. The molecule has 0 aliphatic carbocycles. The van der Waals surface area contributed by atoms with Crippen molar-refractivity contribution in [1.82, 2.24) is 19.8 Å². The molecule has 0 amide bonds. The van der Waals surface area contributed by atoms with Crippen molar-refractivity contribution in [2.45, 2.75) is 12.8 Å². The molecule has 112 valence electrons. The summed E-state index contributed by atoms with van der Waals surface area (Å²) in [6.07, 6.45) is 1.85. The minimum atomic E-state index is 0.477. The zero-order chi connectivity index (χ0) is 14.5. The van der Waals surface area contributed by atoms with Crippen molar-refractivity contribution in [3.63, 3.8) is 0 Å². The highest BCUT2D eigenvalue weighted by atomic mass is 35.5. The molecule has 0 spiro atoms. The van der Waals surface area contributed by atoms with Gasteiger partial charge >= 0.3 is 0 Å². The molecule has 0 unspecified atom stereocenters. The fraction of sp³-hybridized carbons (Fsp3) is 0.714. The van der Waals surface area contributed by atoms with Gasteiger partial charge in [0.25, 0.3) is 0 Å². The molecule has 0 aromatic carbocycles. The Morgan fingerprint density at radius 2 is 1.95 bits per heavy atom. The molecule has 1 saturated heterocycles. The van der Waals surface area contributed by atoms with E-state index in [4.69, 9.17) is 11.6 Å². The van der Waals surface area contributed by atoms with E-state index in [-0.39, 0.29) is 0 Å². The van der Waals surface area contributed by atoms with Crippen molar-refractivity contribution in [1.29, 1.82) is 0 Å². The first-order chi connectivity index (χ1) is 9.60. The summed E-state index contributed by atoms with van der Waals surface area (Å²) in [5.74, 6) is 1.31. The van der Waals surface area contributed by atoms with Gasteiger partial charge in [-0.25, -0.2) is 9.97 Å². The van der Waals surface area contributed by atoms with Gasteiger partial charge in [0.15, 0.2) is 0 Å². The first-order valence-corrected chi connectivity index (χ1v) is 7.64. The van der Waals surface area contributed by atoms with Gasteiger partial charge in [0.2, 0.25) is 5.95 Å². The Bertz CT molecular complexity index is 430. The molecular formula is C14H24ClN5. The van der Waals surface area contributed by atoms with Crippen molar-refractivity contribution >= 4 is 17.5 Å². The van der Waals surface area contributed by atoms with E-state index in [0.29, 0.717) is 5.88 Å². The third-order valence-corrected chi connectivity index (χ3v) is 4.02. The molecule has 0 radical (unpaired) electrons. The molecule has 1 aromatic rings. The van der Waals surface area contributed by atoms with Gasteiger partial charge in [-0.2, -0.15) is 0 Å². The molecule has 0 bridgehead atoms. The number of rotatable bonds is 5. The van der Waals surface area contributed by atoms with E-state index in [1.54, 1.807) is 0 Å². The number of aryl methyl sites for hydroxylation is 1. The molecule has 20 heavy (non-hydrogen) atoms. The standard InChI is InChI=1S/C14H24ClN5/c1-12-13(10-15)11-16-14(17-12)20-8-6-19(7-9-20)5-4-18(2)3/h11H,4-10H2,1-3H3. The lowest BCUT2D eigenvalue weighted by atomic mass is 10.3. The summed E-state index contributed by atoms with van der Waals surface area (Å²) >= 11 is 5.85. The first kappa shape index (κ1) is 15.5. The average molecular weight is 298 g/mol. The largest absolute Gasteiger partial charge is 0.338 e. The van der Waals surface area contributed by atoms with E-state index in [1.807, 2.05) is 13.1 Å². The topological polar surface area (TPSA) is 35.5 Å². The van der Waals surface area contributed by atoms with Crippen LogP contribution in [-0.2, 0) is 5.88 Å². The van der Waals surface area contributed by atoms with Crippen LogP contribution in [0.15, 0.2) is 6.20 Å². The Balaban J connectivity index is 1.88. The van der Waals surface area contributed by atoms with Crippen LogP contribution in [-0.4, -0.2) is 73.1 Å². The highest BCUT2D eigenvalue weighted by Crippen LogP contribution is 2.14. The fourth-order valence-electron chi connectivity index (χ4n) is 2.28. The normalized spacial score (nSPS) is 16.9. The smallest absolute Gasteiger partial charge is 0.225 e. The lowest BCUT2D eigenvalue weighted by Gasteiger charge is -2.35. The maximum atomic E-state index is 5.85. The lowest BCUT2D eigenvalue weighted by Crippen LogP contribution is -2.48. The molecule has 2 heterocycles. The SMILES string of the molecule is Cc1nc(N2CCN(CCN(C)C)CC2)ncc1CCl. The fourth-order valence-corrected chi connectivity index (χ4v) is 2.54. The van der Waals surface area contributed by atoms with Crippen LogP contribution in [0.25, 0.3) is 0 Å². The van der Waals surface area contributed by atoms with E-state index in [9.17, 15) is 0 Å². The van der Waals surface area contributed by atoms with Crippen LogP contribution in [0.5, 0.6) is 0 Å². The van der Waals surface area contributed by atoms with Crippen LogP contribution in [0.1, 0.15) is 11.3 Å². The summed E-state index contributed by atoms with van der Waals surface area (Å²) in [5.41, 5.74) is 2.00. The summed E-state index contributed by atoms with van der Waals surface area (Å²) in [7, 11) is 4.23. The van der Waals surface area contributed by atoms with Crippen molar-refractivity contribution in [3.8, 4) is 0 Å².